The number of ether oxygens (including phenoxy) is 3. The Hall–Kier alpha value is -2.30. The molecule has 1 aromatic carbocycles. The van der Waals surface area contributed by atoms with E-state index in [9.17, 15) is 9.59 Å². The zero-order chi connectivity index (χ0) is 17.6. The Morgan fingerprint density at radius 1 is 1.04 bits per heavy atom. The molecule has 1 atom stereocenters. The molecule has 5 heteroatoms. The molecule has 0 heterocycles. The van der Waals surface area contributed by atoms with E-state index in [1.54, 1.807) is 45.9 Å². The van der Waals surface area contributed by atoms with Gasteiger partial charge in [0, 0.05) is 5.56 Å². The van der Waals surface area contributed by atoms with Crippen molar-refractivity contribution in [3.8, 4) is 11.5 Å². The van der Waals surface area contributed by atoms with Gasteiger partial charge in [-0.25, -0.2) is 0 Å². The van der Waals surface area contributed by atoms with Crippen LogP contribution in [0, 0.1) is 11.8 Å². The molecule has 0 bridgehead atoms. The highest BCUT2D eigenvalue weighted by atomic mass is 16.6. The van der Waals surface area contributed by atoms with Crippen molar-refractivity contribution in [2.45, 2.75) is 33.8 Å². The fourth-order valence-electron chi connectivity index (χ4n) is 1.69. The molecule has 0 aliphatic heterocycles. The summed E-state index contributed by atoms with van der Waals surface area (Å²) >= 11 is 0. The molecule has 0 aliphatic carbocycles. The maximum absolute atomic E-state index is 11.8. The molecule has 0 radical (unpaired) electrons. The van der Waals surface area contributed by atoms with Gasteiger partial charge in [0.1, 0.15) is 6.10 Å². The van der Waals surface area contributed by atoms with Crippen LogP contribution in [-0.2, 0) is 14.3 Å². The number of methoxy groups -OCH3 is 1. The van der Waals surface area contributed by atoms with E-state index in [4.69, 9.17) is 14.2 Å². The molecular weight excluding hydrogens is 296 g/mol. The zero-order valence-electron chi connectivity index (χ0n) is 14.3. The van der Waals surface area contributed by atoms with Gasteiger partial charge in [0.05, 0.1) is 18.9 Å². The van der Waals surface area contributed by atoms with Crippen molar-refractivity contribution >= 4 is 11.9 Å². The van der Waals surface area contributed by atoms with Crippen LogP contribution < -0.4 is 9.47 Å². The number of rotatable bonds is 7. The van der Waals surface area contributed by atoms with Gasteiger partial charge in [0.25, 0.3) is 0 Å². The topological polar surface area (TPSA) is 61.8 Å². The second-order valence-corrected chi connectivity index (χ2v) is 5.73. The first kappa shape index (κ1) is 18.7. The van der Waals surface area contributed by atoms with Gasteiger partial charge >= 0.3 is 11.9 Å². The number of esters is 2. The predicted molar refractivity (Wildman–Crippen MR) is 87.3 cm³/mol. The van der Waals surface area contributed by atoms with E-state index in [0.29, 0.717) is 17.1 Å². The van der Waals surface area contributed by atoms with E-state index in [1.807, 2.05) is 0 Å². The lowest BCUT2D eigenvalue weighted by Crippen LogP contribution is -2.16. The number of carbonyl (C=O) groups is 2. The van der Waals surface area contributed by atoms with Crippen molar-refractivity contribution in [2.24, 2.45) is 11.8 Å². The molecule has 0 aromatic heterocycles. The Labute approximate surface area is 137 Å². The normalized spacial score (nSPS) is 12.0. The number of carbonyl (C=O) groups excluding carboxylic acids is 2. The highest BCUT2D eigenvalue weighted by Gasteiger charge is 2.19. The minimum absolute atomic E-state index is 0.231. The third kappa shape index (κ3) is 5.13. The van der Waals surface area contributed by atoms with Crippen LogP contribution in [0.5, 0.6) is 11.5 Å². The number of hydrogen-bond acceptors (Lipinski definition) is 5. The summed E-state index contributed by atoms with van der Waals surface area (Å²) in [6.07, 6.45) is 0.947. The summed E-state index contributed by atoms with van der Waals surface area (Å²) in [5, 5.41) is 0. The second kappa shape index (κ2) is 8.36. The summed E-state index contributed by atoms with van der Waals surface area (Å²) in [4.78, 5) is 23.5. The van der Waals surface area contributed by atoms with Gasteiger partial charge in [0.2, 0.25) is 0 Å². The van der Waals surface area contributed by atoms with E-state index >= 15 is 0 Å². The van der Waals surface area contributed by atoms with Gasteiger partial charge < -0.3 is 14.2 Å². The molecule has 0 saturated heterocycles. The maximum atomic E-state index is 11.8. The number of hydrogen-bond donors (Lipinski definition) is 0. The molecule has 0 spiro atoms. The van der Waals surface area contributed by atoms with Crippen LogP contribution >= 0.6 is 0 Å². The third-order valence-corrected chi connectivity index (χ3v) is 3.13. The van der Waals surface area contributed by atoms with E-state index in [0.717, 1.165) is 0 Å². The lowest BCUT2D eigenvalue weighted by Gasteiger charge is -2.18. The highest BCUT2D eigenvalue weighted by molar-refractivity contribution is 5.75. The van der Waals surface area contributed by atoms with Crippen LogP contribution in [0.25, 0.3) is 0 Å². The largest absolute Gasteiger partial charge is 0.493 e. The molecule has 0 fully saturated rings. The van der Waals surface area contributed by atoms with Crippen molar-refractivity contribution in [3.63, 3.8) is 0 Å². The summed E-state index contributed by atoms with van der Waals surface area (Å²) in [7, 11) is 1.48. The molecular formula is C18H24O5. The van der Waals surface area contributed by atoms with Gasteiger partial charge in [-0.2, -0.15) is 0 Å². The van der Waals surface area contributed by atoms with Gasteiger partial charge in [-0.05, 0) is 18.2 Å². The molecule has 1 aromatic rings. The summed E-state index contributed by atoms with van der Waals surface area (Å²) in [5.74, 6) is -0.415. The minimum atomic E-state index is -0.589. The fraction of sp³-hybridized carbons (Fsp3) is 0.444. The van der Waals surface area contributed by atoms with Gasteiger partial charge in [0.15, 0.2) is 11.5 Å². The maximum Gasteiger partial charge on any atom is 0.313 e. The van der Waals surface area contributed by atoms with Gasteiger partial charge in [-0.15, -0.1) is 0 Å². The molecule has 0 amide bonds. The first-order chi connectivity index (χ1) is 10.8. The van der Waals surface area contributed by atoms with Crippen LogP contribution in [0.2, 0.25) is 0 Å². The van der Waals surface area contributed by atoms with Crippen LogP contribution in [0.4, 0.5) is 0 Å². The average Bonchev–Trinajstić information content (AvgIpc) is 2.52. The third-order valence-electron chi connectivity index (χ3n) is 3.13. The molecule has 5 nitrogen and oxygen atoms in total. The van der Waals surface area contributed by atoms with Crippen molar-refractivity contribution < 1.29 is 23.8 Å². The van der Waals surface area contributed by atoms with Gasteiger partial charge in [-0.1, -0.05) is 40.3 Å². The molecule has 23 heavy (non-hydrogen) atoms. The van der Waals surface area contributed by atoms with Crippen molar-refractivity contribution in [3.05, 3.63) is 36.4 Å². The Morgan fingerprint density at radius 3 is 2.13 bits per heavy atom. The molecule has 0 unspecified atom stereocenters. The van der Waals surface area contributed by atoms with Crippen LogP contribution in [0.1, 0.15) is 39.4 Å². The summed E-state index contributed by atoms with van der Waals surface area (Å²) in [6.45, 7) is 10.7. The minimum Gasteiger partial charge on any atom is -0.493 e. The SMILES string of the molecule is C=C[C@H](OC(=O)C(C)C)c1ccc(OC(=O)C(C)C)c(OC)c1. The van der Waals surface area contributed by atoms with Gasteiger partial charge in [-0.3, -0.25) is 9.59 Å². The Balaban J connectivity index is 3.03. The second-order valence-electron chi connectivity index (χ2n) is 5.73. The van der Waals surface area contributed by atoms with Crippen LogP contribution in [0.3, 0.4) is 0 Å². The molecule has 126 valence electrons. The monoisotopic (exact) mass is 320 g/mol. The predicted octanol–water partition coefficient (Wildman–Crippen LogP) is 3.68. The summed E-state index contributed by atoms with van der Waals surface area (Å²) < 4.78 is 15.9. The van der Waals surface area contributed by atoms with Crippen LogP contribution in [-0.4, -0.2) is 19.0 Å². The quantitative estimate of drug-likeness (QED) is 0.436. The Bertz CT molecular complexity index is 575. The van der Waals surface area contributed by atoms with E-state index in [2.05, 4.69) is 6.58 Å². The van der Waals surface area contributed by atoms with E-state index in [-0.39, 0.29) is 23.8 Å². The van der Waals surface area contributed by atoms with E-state index in [1.165, 1.54) is 13.2 Å². The summed E-state index contributed by atoms with van der Waals surface area (Å²) in [6, 6.07) is 5.00. The Kier molecular flexibility index (Phi) is 6.82. The number of benzene rings is 1. The lowest BCUT2D eigenvalue weighted by molar-refractivity contribution is -0.151. The van der Waals surface area contributed by atoms with Crippen molar-refractivity contribution in [2.75, 3.05) is 7.11 Å². The first-order valence-corrected chi connectivity index (χ1v) is 7.52. The first-order valence-electron chi connectivity index (χ1n) is 7.52. The zero-order valence-corrected chi connectivity index (χ0v) is 14.3. The highest BCUT2D eigenvalue weighted by Crippen LogP contribution is 2.32. The molecule has 0 N–H and O–H groups in total. The molecule has 0 aliphatic rings. The molecule has 0 saturated carbocycles. The standard InChI is InChI=1S/C18H24O5/c1-7-14(22-17(19)11(2)3)13-8-9-15(16(10-13)21-6)23-18(20)12(4)5/h7-12,14H,1H2,2-6H3/t14-/m0/s1. The smallest absolute Gasteiger partial charge is 0.313 e. The van der Waals surface area contributed by atoms with Crippen molar-refractivity contribution in [1.29, 1.82) is 0 Å². The lowest BCUT2D eigenvalue weighted by atomic mass is 10.1. The molecule has 1 rings (SSSR count). The summed E-state index contributed by atoms with van der Waals surface area (Å²) in [5.41, 5.74) is 0.690. The fourth-order valence-corrected chi connectivity index (χ4v) is 1.69. The Morgan fingerprint density at radius 2 is 1.65 bits per heavy atom. The van der Waals surface area contributed by atoms with Crippen LogP contribution in [0.15, 0.2) is 30.9 Å². The van der Waals surface area contributed by atoms with E-state index < -0.39 is 6.10 Å². The average molecular weight is 320 g/mol. The van der Waals surface area contributed by atoms with Crippen molar-refractivity contribution in [1.82, 2.24) is 0 Å².